The molecule has 0 saturated heterocycles. The SMILES string of the molecule is O=C(Nc1ccc2c(c1F)CCNC2)c1ccc2c(c1)CCC2. The molecule has 23 heavy (non-hydrogen) atoms. The number of carbonyl (C=O) groups excluding carboxylic acids is 1. The van der Waals surface area contributed by atoms with Gasteiger partial charge in [-0.05, 0) is 72.7 Å². The summed E-state index contributed by atoms with van der Waals surface area (Å²) in [6, 6.07) is 9.35. The summed E-state index contributed by atoms with van der Waals surface area (Å²) in [5.41, 5.74) is 5.14. The number of hydrogen-bond donors (Lipinski definition) is 2. The van der Waals surface area contributed by atoms with Crippen LogP contribution in [0.4, 0.5) is 10.1 Å². The van der Waals surface area contributed by atoms with Gasteiger partial charge in [-0.25, -0.2) is 4.39 Å². The lowest BCUT2D eigenvalue weighted by Crippen LogP contribution is -2.25. The number of hydrogen-bond acceptors (Lipinski definition) is 2. The highest BCUT2D eigenvalue weighted by molar-refractivity contribution is 6.04. The number of amides is 1. The predicted octanol–water partition coefficient (Wildman–Crippen LogP) is 3.21. The van der Waals surface area contributed by atoms with E-state index in [2.05, 4.69) is 10.6 Å². The molecule has 2 N–H and O–H groups in total. The summed E-state index contributed by atoms with van der Waals surface area (Å²) in [7, 11) is 0. The van der Waals surface area contributed by atoms with Crippen LogP contribution >= 0.6 is 0 Å². The highest BCUT2D eigenvalue weighted by Crippen LogP contribution is 2.26. The molecule has 0 atom stereocenters. The van der Waals surface area contributed by atoms with Crippen LogP contribution in [-0.2, 0) is 25.8 Å². The fourth-order valence-electron chi connectivity index (χ4n) is 3.54. The summed E-state index contributed by atoms with van der Waals surface area (Å²) in [5, 5.41) is 5.96. The average Bonchev–Trinajstić information content (AvgIpc) is 3.05. The Morgan fingerprint density at radius 3 is 2.78 bits per heavy atom. The molecule has 2 aliphatic rings. The molecule has 2 aromatic carbocycles. The van der Waals surface area contributed by atoms with E-state index in [9.17, 15) is 9.18 Å². The molecule has 1 amide bonds. The van der Waals surface area contributed by atoms with Gasteiger partial charge in [-0.15, -0.1) is 0 Å². The van der Waals surface area contributed by atoms with Crippen molar-refractivity contribution < 1.29 is 9.18 Å². The summed E-state index contributed by atoms with van der Waals surface area (Å²) in [6.07, 6.45) is 3.92. The van der Waals surface area contributed by atoms with Crippen molar-refractivity contribution in [2.75, 3.05) is 11.9 Å². The van der Waals surface area contributed by atoms with E-state index in [1.807, 2.05) is 24.3 Å². The van der Waals surface area contributed by atoms with Gasteiger partial charge in [-0.3, -0.25) is 4.79 Å². The second kappa shape index (κ2) is 5.78. The molecule has 0 saturated carbocycles. The first-order valence-electron chi connectivity index (χ1n) is 8.16. The number of rotatable bonds is 2. The second-order valence-electron chi connectivity index (χ2n) is 6.28. The van der Waals surface area contributed by atoms with Crippen molar-refractivity contribution in [3.8, 4) is 0 Å². The van der Waals surface area contributed by atoms with Gasteiger partial charge in [-0.1, -0.05) is 12.1 Å². The minimum atomic E-state index is -0.293. The highest BCUT2D eigenvalue weighted by atomic mass is 19.1. The molecule has 3 nitrogen and oxygen atoms in total. The normalized spacial score (nSPS) is 15.9. The molecular weight excluding hydrogens is 291 g/mol. The summed E-state index contributed by atoms with van der Waals surface area (Å²) in [6.45, 7) is 1.46. The van der Waals surface area contributed by atoms with Crippen molar-refractivity contribution in [1.82, 2.24) is 5.32 Å². The summed E-state index contributed by atoms with van der Waals surface area (Å²) < 4.78 is 14.6. The van der Waals surface area contributed by atoms with Gasteiger partial charge < -0.3 is 10.6 Å². The van der Waals surface area contributed by atoms with Gasteiger partial charge in [0.25, 0.3) is 5.91 Å². The molecule has 0 fully saturated rings. The topological polar surface area (TPSA) is 41.1 Å². The smallest absolute Gasteiger partial charge is 0.255 e. The van der Waals surface area contributed by atoms with Crippen LogP contribution in [0.1, 0.15) is 39.0 Å². The van der Waals surface area contributed by atoms with Gasteiger partial charge in [-0.2, -0.15) is 0 Å². The van der Waals surface area contributed by atoms with E-state index in [1.165, 1.54) is 11.1 Å². The van der Waals surface area contributed by atoms with E-state index < -0.39 is 0 Å². The van der Waals surface area contributed by atoms with E-state index in [4.69, 9.17) is 0 Å². The third kappa shape index (κ3) is 2.63. The third-order valence-corrected chi connectivity index (χ3v) is 4.82. The van der Waals surface area contributed by atoms with Gasteiger partial charge in [0.05, 0.1) is 5.69 Å². The minimum Gasteiger partial charge on any atom is -0.319 e. The number of benzene rings is 2. The standard InChI is InChI=1S/C19H19FN2O/c20-18-16-8-9-21-11-15(16)6-7-17(18)22-19(23)14-5-4-12-2-1-3-13(12)10-14/h4-7,10,21H,1-3,8-9,11H2,(H,22,23). The van der Waals surface area contributed by atoms with Crippen molar-refractivity contribution in [3.05, 3.63) is 64.0 Å². The molecule has 0 unspecified atom stereocenters. The molecule has 0 spiro atoms. The Labute approximate surface area is 134 Å². The van der Waals surface area contributed by atoms with Crippen LogP contribution < -0.4 is 10.6 Å². The van der Waals surface area contributed by atoms with E-state index in [0.717, 1.165) is 36.9 Å². The zero-order chi connectivity index (χ0) is 15.8. The predicted molar refractivity (Wildman–Crippen MR) is 88.2 cm³/mol. The fraction of sp³-hybridized carbons (Fsp3) is 0.316. The molecule has 4 heteroatoms. The molecular formula is C19H19FN2O. The highest BCUT2D eigenvalue weighted by Gasteiger charge is 2.19. The first-order chi connectivity index (χ1) is 11.2. The first kappa shape index (κ1) is 14.4. The average molecular weight is 310 g/mol. The Kier molecular flexibility index (Phi) is 3.62. The summed E-state index contributed by atoms with van der Waals surface area (Å²) in [4.78, 5) is 12.4. The van der Waals surface area contributed by atoms with Crippen molar-refractivity contribution in [2.24, 2.45) is 0 Å². The number of aryl methyl sites for hydroxylation is 2. The Morgan fingerprint density at radius 1 is 1.04 bits per heavy atom. The lowest BCUT2D eigenvalue weighted by atomic mass is 9.99. The van der Waals surface area contributed by atoms with Crippen LogP contribution in [-0.4, -0.2) is 12.5 Å². The number of anilines is 1. The molecule has 0 aromatic heterocycles. The number of halogens is 1. The van der Waals surface area contributed by atoms with Gasteiger partial charge in [0, 0.05) is 12.1 Å². The largest absolute Gasteiger partial charge is 0.319 e. The minimum absolute atomic E-state index is 0.243. The quantitative estimate of drug-likeness (QED) is 0.894. The van der Waals surface area contributed by atoms with Gasteiger partial charge >= 0.3 is 0 Å². The Balaban J connectivity index is 1.59. The number of fused-ring (bicyclic) bond motifs is 2. The van der Waals surface area contributed by atoms with Crippen LogP contribution in [0, 0.1) is 5.82 Å². The molecule has 0 bridgehead atoms. The molecule has 1 aliphatic heterocycles. The maximum absolute atomic E-state index is 14.6. The van der Waals surface area contributed by atoms with Crippen LogP contribution in [0.3, 0.4) is 0 Å². The Bertz CT molecular complexity index is 785. The molecule has 4 rings (SSSR count). The van der Waals surface area contributed by atoms with Gasteiger partial charge in [0.15, 0.2) is 0 Å². The molecule has 118 valence electrons. The fourth-order valence-corrected chi connectivity index (χ4v) is 3.54. The lowest BCUT2D eigenvalue weighted by Gasteiger charge is -2.19. The van der Waals surface area contributed by atoms with E-state index >= 15 is 0 Å². The monoisotopic (exact) mass is 310 g/mol. The van der Waals surface area contributed by atoms with Gasteiger partial charge in [0.2, 0.25) is 0 Å². The maximum atomic E-state index is 14.6. The molecule has 0 radical (unpaired) electrons. The van der Waals surface area contributed by atoms with Crippen LogP contribution in [0.25, 0.3) is 0 Å². The Morgan fingerprint density at radius 2 is 1.87 bits per heavy atom. The van der Waals surface area contributed by atoms with Crippen LogP contribution in [0.5, 0.6) is 0 Å². The van der Waals surface area contributed by atoms with Crippen molar-refractivity contribution >= 4 is 11.6 Å². The first-order valence-corrected chi connectivity index (χ1v) is 8.16. The number of nitrogens with one attached hydrogen (secondary N) is 2. The zero-order valence-electron chi connectivity index (χ0n) is 12.9. The van der Waals surface area contributed by atoms with E-state index in [1.54, 1.807) is 6.07 Å². The van der Waals surface area contributed by atoms with Crippen molar-refractivity contribution in [3.63, 3.8) is 0 Å². The lowest BCUT2D eigenvalue weighted by molar-refractivity contribution is 0.102. The summed E-state index contributed by atoms with van der Waals surface area (Å²) >= 11 is 0. The molecule has 1 aliphatic carbocycles. The molecule has 2 aromatic rings. The van der Waals surface area contributed by atoms with E-state index in [-0.39, 0.29) is 17.4 Å². The van der Waals surface area contributed by atoms with Gasteiger partial charge in [0.1, 0.15) is 5.82 Å². The van der Waals surface area contributed by atoms with Crippen LogP contribution in [0.15, 0.2) is 30.3 Å². The third-order valence-electron chi connectivity index (χ3n) is 4.82. The second-order valence-corrected chi connectivity index (χ2v) is 6.28. The van der Waals surface area contributed by atoms with Crippen molar-refractivity contribution in [2.45, 2.75) is 32.2 Å². The maximum Gasteiger partial charge on any atom is 0.255 e. The zero-order valence-corrected chi connectivity index (χ0v) is 12.9. The number of carbonyl (C=O) groups is 1. The summed E-state index contributed by atoms with van der Waals surface area (Å²) in [5.74, 6) is -0.536. The van der Waals surface area contributed by atoms with Crippen LogP contribution in [0.2, 0.25) is 0 Å². The Hall–Kier alpha value is -2.20. The van der Waals surface area contributed by atoms with E-state index in [0.29, 0.717) is 18.5 Å². The van der Waals surface area contributed by atoms with Crippen molar-refractivity contribution in [1.29, 1.82) is 0 Å². The molecule has 1 heterocycles.